The van der Waals surface area contributed by atoms with Crippen molar-refractivity contribution < 1.29 is 0 Å². The molecule has 0 heterocycles. The van der Waals surface area contributed by atoms with E-state index in [0.29, 0.717) is 0 Å². The van der Waals surface area contributed by atoms with E-state index in [4.69, 9.17) is 0 Å². The number of hydrogen-bond acceptors (Lipinski definition) is 2. The topological polar surface area (TPSA) is 12.0 Å². The highest BCUT2D eigenvalue weighted by Crippen LogP contribution is 2.19. The van der Waals surface area contributed by atoms with Crippen LogP contribution in [0.5, 0.6) is 0 Å². The van der Waals surface area contributed by atoms with Crippen molar-refractivity contribution in [1.82, 2.24) is 5.32 Å². The van der Waals surface area contributed by atoms with E-state index in [0.717, 1.165) is 6.54 Å². The van der Waals surface area contributed by atoms with Gasteiger partial charge in [-0.3, -0.25) is 0 Å². The van der Waals surface area contributed by atoms with E-state index in [1.54, 1.807) is 11.8 Å². The molecule has 0 aromatic heterocycles. The van der Waals surface area contributed by atoms with Crippen LogP contribution >= 0.6 is 11.8 Å². The Balaban J connectivity index is 2.70. The van der Waals surface area contributed by atoms with Crippen molar-refractivity contribution in [2.75, 3.05) is 6.26 Å². The molecule has 2 heteroatoms. The van der Waals surface area contributed by atoms with Gasteiger partial charge in [-0.1, -0.05) is 6.07 Å². The number of hydrogen-bond donors (Lipinski definition) is 1. The van der Waals surface area contributed by atoms with E-state index < -0.39 is 0 Å². The minimum atomic E-state index is 0.185. The lowest BCUT2D eigenvalue weighted by Crippen LogP contribution is -2.35. The van der Waals surface area contributed by atoms with Crippen molar-refractivity contribution >= 4 is 11.8 Å². The highest BCUT2D eigenvalue weighted by atomic mass is 32.2. The summed E-state index contributed by atoms with van der Waals surface area (Å²) in [5.74, 6) is 0. The highest BCUT2D eigenvalue weighted by molar-refractivity contribution is 7.98. The van der Waals surface area contributed by atoms with E-state index >= 15 is 0 Å². The maximum absolute atomic E-state index is 3.51. The predicted octanol–water partition coefficient (Wildman–Crippen LogP) is 3.61. The third-order valence-electron chi connectivity index (χ3n) is 2.36. The summed E-state index contributed by atoms with van der Waals surface area (Å²) in [7, 11) is 0. The number of thioether (sulfide) groups is 1. The van der Waals surface area contributed by atoms with Crippen molar-refractivity contribution in [3.63, 3.8) is 0 Å². The Bertz CT molecular complexity index is 326. The summed E-state index contributed by atoms with van der Waals surface area (Å²) in [6.45, 7) is 9.71. The van der Waals surface area contributed by atoms with Crippen molar-refractivity contribution in [2.24, 2.45) is 0 Å². The number of nitrogens with one attached hydrogen (secondary N) is 1. The van der Waals surface area contributed by atoms with E-state index in [1.165, 1.54) is 16.0 Å². The first-order chi connectivity index (χ1) is 6.92. The minimum absolute atomic E-state index is 0.185. The second kappa shape index (κ2) is 5.04. The van der Waals surface area contributed by atoms with Gasteiger partial charge in [0.05, 0.1) is 0 Å². The maximum Gasteiger partial charge on any atom is 0.0212 e. The Kier molecular flexibility index (Phi) is 4.23. The van der Waals surface area contributed by atoms with E-state index in [1.807, 2.05) is 0 Å². The summed E-state index contributed by atoms with van der Waals surface area (Å²) >= 11 is 1.79. The van der Waals surface area contributed by atoms with Crippen molar-refractivity contribution in [3.8, 4) is 0 Å². The Labute approximate surface area is 97.7 Å². The van der Waals surface area contributed by atoms with Crippen LogP contribution < -0.4 is 5.32 Å². The van der Waals surface area contributed by atoms with Crippen LogP contribution in [0.4, 0.5) is 0 Å². The molecular formula is C13H21NS. The van der Waals surface area contributed by atoms with Crippen LogP contribution in [-0.4, -0.2) is 11.8 Å². The molecule has 15 heavy (non-hydrogen) atoms. The Morgan fingerprint density at radius 3 is 2.40 bits per heavy atom. The van der Waals surface area contributed by atoms with Crippen molar-refractivity contribution in [1.29, 1.82) is 0 Å². The molecular weight excluding hydrogens is 202 g/mol. The summed E-state index contributed by atoms with van der Waals surface area (Å²) in [5.41, 5.74) is 2.95. The average molecular weight is 223 g/mol. The molecule has 0 amide bonds. The summed E-state index contributed by atoms with van der Waals surface area (Å²) in [6.07, 6.45) is 2.11. The van der Waals surface area contributed by atoms with E-state index in [9.17, 15) is 0 Å². The zero-order chi connectivity index (χ0) is 11.5. The largest absolute Gasteiger partial charge is 0.308 e. The normalized spacial score (nSPS) is 11.8. The molecule has 0 radical (unpaired) electrons. The van der Waals surface area contributed by atoms with Crippen LogP contribution in [0.1, 0.15) is 31.9 Å². The van der Waals surface area contributed by atoms with Gasteiger partial charge in [-0.15, -0.1) is 11.8 Å². The molecule has 0 saturated carbocycles. The van der Waals surface area contributed by atoms with Crippen LogP contribution in [-0.2, 0) is 6.54 Å². The molecule has 1 aromatic carbocycles. The molecule has 1 rings (SSSR count). The van der Waals surface area contributed by atoms with Gasteiger partial charge in [0.2, 0.25) is 0 Å². The first-order valence-electron chi connectivity index (χ1n) is 5.31. The van der Waals surface area contributed by atoms with Crippen molar-refractivity contribution in [2.45, 2.75) is 44.7 Å². The molecule has 0 aliphatic heterocycles. The highest BCUT2D eigenvalue weighted by Gasteiger charge is 2.09. The predicted molar refractivity (Wildman–Crippen MR) is 69.6 cm³/mol. The van der Waals surface area contributed by atoms with Gasteiger partial charge in [0.1, 0.15) is 0 Å². The number of rotatable bonds is 3. The van der Waals surface area contributed by atoms with Gasteiger partial charge in [0.15, 0.2) is 0 Å². The first-order valence-corrected chi connectivity index (χ1v) is 6.53. The monoisotopic (exact) mass is 223 g/mol. The Morgan fingerprint density at radius 2 is 1.93 bits per heavy atom. The van der Waals surface area contributed by atoms with Gasteiger partial charge < -0.3 is 5.32 Å². The van der Waals surface area contributed by atoms with Crippen LogP contribution in [0.15, 0.2) is 23.1 Å². The minimum Gasteiger partial charge on any atom is -0.308 e. The lowest BCUT2D eigenvalue weighted by Gasteiger charge is -2.21. The van der Waals surface area contributed by atoms with Crippen LogP contribution in [0.2, 0.25) is 0 Å². The quantitative estimate of drug-likeness (QED) is 0.786. The molecule has 0 atom stereocenters. The average Bonchev–Trinajstić information content (AvgIpc) is 2.14. The molecule has 0 spiro atoms. The van der Waals surface area contributed by atoms with Crippen LogP contribution in [0, 0.1) is 6.92 Å². The molecule has 84 valence electrons. The van der Waals surface area contributed by atoms with E-state index in [2.05, 4.69) is 57.5 Å². The summed E-state index contributed by atoms with van der Waals surface area (Å²) < 4.78 is 0. The Hall–Kier alpha value is -0.470. The molecule has 0 bridgehead atoms. The van der Waals surface area contributed by atoms with Crippen LogP contribution in [0.25, 0.3) is 0 Å². The van der Waals surface area contributed by atoms with E-state index in [-0.39, 0.29) is 5.54 Å². The first kappa shape index (κ1) is 12.6. The summed E-state index contributed by atoms with van der Waals surface area (Å²) in [6, 6.07) is 6.67. The van der Waals surface area contributed by atoms with Crippen LogP contribution in [0.3, 0.4) is 0 Å². The van der Waals surface area contributed by atoms with Crippen molar-refractivity contribution in [3.05, 3.63) is 29.3 Å². The fraction of sp³-hybridized carbons (Fsp3) is 0.538. The van der Waals surface area contributed by atoms with Gasteiger partial charge in [0, 0.05) is 17.0 Å². The fourth-order valence-corrected chi connectivity index (χ4v) is 1.85. The molecule has 0 aliphatic carbocycles. The molecule has 1 aromatic rings. The molecule has 1 N–H and O–H groups in total. The lowest BCUT2D eigenvalue weighted by atomic mass is 10.1. The lowest BCUT2D eigenvalue weighted by molar-refractivity contribution is 0.424. The summed E-state index contributed by atoms with van der Waals surface area (Å²) in [5, 5.41) is 3.51. The maximum atomic E-state index is 3.51. The molecule has 0 aliphatic rings. The molecule has 0 unspecified atom stereocenters. The standard InChI is InChI=1S/C13H21NS/c1-10-8-12(15-5)7-6-11(10)9-14-13(2,3)4/h6-8,14H,9H2,1-5H3. The third kappa shape index (κ3) is 4.27. The number of aryl methyl sites for hydroxylation is 1. The van der Waals surface area contributed by atoms with Gasteiger partial charge in [-0.25, -0.2) is 0 Å². The molecule has 1 nitrogen and oxygen atoms in total. The second-order valence-corrected chi connectivity index (χ2v) is 5.78. The number of benzene rings is 1. The second-order valence-electron chi connectivity index (χ2n) is 4.90. The molecule has 0 fully saturated rings. The SMILES string of the molecule is CSc1ccc(CNC(C)(C)C)c(C)c1. The third-order valence-corrected chi connectivity index (χ3v) is 3.08. The zero-order valence-electron chi connectivity index (χ0n) is 10.3. The Morgan fingerprint density at radius 1 is 1.27 bits per heavy atom. The summed E-state index contributed by atoms with van der Waals surface area (Å²) in [4.78, 5) is 1.34. The zero-order valence-corrected chi connectivity index (χ0v) is 11.2. The van der Waals surface area contributed by atoms with Gasteiger partial charge in [-0.2, -0.15) is 0 Å². The van der Waals surface area contributed by atoms with Gasteiger partial charge >= 0.3 is 0 Å². The fourth-order valence-electron chi connectivity index (χ4n) is 1.35. The smallest absolute Gasteiger partial charge is 0.0212 e. The van der Waals surface area contributed by atoms with Gasteiger partial charge in [-0.05, 0) is 57.2 Å². The van der Waals surface area contributed by atoms with Gasteiger partial charge in [0.25, 0.3) is 0 Å². The molecule has 0 saturated heterocycles.